The van der Waals surface area contributed by atoms with Crippen molar-refractivity contribution in [1.29, 1.82) is 0 Å². The number of halogens is 1. The topological polar surface area (TPSA) is 96.3 Å². The summed E-state index contributed by atoms with van der Waals surface area (Å²) >= 11 is 0. The van der Waals surface area contributed by atoms with E-state index >= 15 is 0 Å². The molecule has 0 unspecified atom stereocenters. The molecular formula is C20H28IN5O3. The maximum absolute atomic E-state index is 11.1. The fourth-order valence-corrected chi connectivity index (χ4v) is 3.16. The van der Waals surface area contributed by atoms with Crippen LogP contribution in [0.15, 0.2) is 45.8 Å². The van der Waals surface area contributed by atoms with Crippen molar-refractivity contribution in [2.24, 2.45) is 10.7 Å². The molecule has 0 saturated carbocycles. The molecule has 158 valence electrons. The van der Waals surface area contributed by atoms with E-state index in [1.807, 2.05) is 19.1 Å². The van der Waals surface area contributed by atoms with Crippen LogP contribution in [-0.4, -0.2) is 56.6 Å². The maximum Gasteiger partial charge on any atom is 0.284 e. The lowest BCUT2D eigenvalue weighted by atomic mass is 10.2. The summed E-state index contributed by atoms with van der Waals surface area (Å²) in [7, 11) is 1.68. The van der Waals surface area contributed by atoms with Crippen LogP contribution in [0.25, 0.3) is 0 Å². The molecule has 0 radical (unpaired) electrons. The van der Waals surface area contributed by atoms with Crippen LogP contribution in [0.4, 0.5) is 5.69 Å². The average Bonchev–Trinajstić information content (AvgIpc) is 3.21. The van der Waals surface area contributed by atoms with Crippen LogP contribution in [0.1, 0.15) is 23.2 Å². The molecule has 1 amide bonds. The Bertz CT molecular complexity index is 831. The lowest BCUT2D eigenvalue weighted by Crippen LogP contribution is -2.52. The van der Waals surface area contributed by atoms with Gasteiger partial charge in [-0.15, -0.1) is 24.0 Å². The van der Waals surface area contributed by atoms with Gasteiger partial charge in [0.15, 0.2) is 11.7 Å². The van der Waals surface area contributed by atoms with E-state index in [1.54, 1.807) is 19.2 Å². The molecule has 1 saturated heterocycles. The van der Waals surface area contributed by atoms with Crippen molar-refractivity contribution in [2.75, 3.05) is 44.7 Å². The summed E-state index contributed by atoms with van der Waals surface area (Å²) in [6, 6.07) is 11.4. The molecule has 3 N–H and O–H groups in total. The third kappa shape index (κ3) is 6.02. The first-order valence-electron chi connectivity index (χ1n) is 9.41. The van der Waals surface area contributed by atoms with Gasteiger partial charge in [0.2, 0.25) is 0 Å². The molecular weight excluding hydrogens is 485 g/mol. The molecule has 9 heteroatoms. The number of hydrogen-bond acceptors (Lipinski definition) is 5. The summed E-state index contributed by atoms with van der Waals surface area (Å²) in [5.74, 6) is 1.89. The van der Waals surface area contributed by atoms with Crippen molar-refractivity contribution < 1.29 is 13.9 Å². The van der Waals surface area contributed by atoms with E-state index in [0.717, 1.165) is 50.1 Å². The zero-order chi connectivity index (χ0) is 19.9. The number of anilines is 1. The monoisotopic (exact) mass is 513 g/mol. The molecule has 8 nitrogen and oxygen atoms in total. The van der Waals surface area contributed by atoms with Gasteiger partial charge in [-0.25, -0.2) is 4.99 Å². The number of rotatable bonds is 6. The molecule has 1 aliphatic rings. The third-order valence-electron chi connectivity index (χ3n) is 4.62. The normalized spacial score (nSPS) is 14.3. The Labute approximate surface area is 188 Å². The summed E-state index contributed by atoms with van der Waals surface area (Å²) in [5.41, 5.74) is 6.39. The largest absolute Gasteiger partial charge is 0.497 e. The average molecular weight is 513 g/mol. The zero-order valence-corrected chi connectivity index (χ0v) is 19.1. The number of benzene rings is 1. The van der Waals surface area contributed by atoms with E-state index in [2.05, 4.69) is 32.2 Å². The van der Waals surface area contributed by atoms with Gasteiger partial charge in [0, 0.05) is 44.5 Å². The molecule has 29 heavy (non-hydrogen) atoms. The Morgan fingerprint density at radius 1 is 1.24 bits per heavy atom. The number of guanidine groups is 1. The fraction of sp³-hybridized carbons (Fsp3) is 0.400. The minimum Gasteiger partial charge on any atom is -0.497 e. The van der Waals surface area contributed by atoms with Gasteiger partial charge in [-0.1, -0.05) is 6.07 Å². The summed E-state index contributed by atoms with van der Waals surface area (Å²) < 4.78 is 10.7. The minimum absolute atomic E-state index is 0. The van der Waals surface area contributed by atoms with Crippen molar-refractivity contribution in [1.82, 2.24) is 10.2 Å². The molecule has 1 fully saturated rings. The van der Waals surface area contributed by atoms with Crippen LogP contribution in [0.3, 0.4) is 0 Å². The van der Waals surface area contributed by atoms with E-state index in [-0.39, 0.29) is 29.7 Å². The smallest absolute Gasteiger partial charge is 0.284 e. The predicted molar refractivity (Wildman–Crippen MR) is 124 cm³/mol. The number of ether oxygens (including phenoxy) is 1. The molecule has 3 rings (SSSR count). The highest BCUT2D eigenvalue weighted by atomic mass is 127. The van der Waals surface area contributed by atoms with E-state index < -0.39 is 5.91 Å². The second-order valence-corrected chi connectivity index (χ2v) is 6.48. The van der Waals surface area contributed by atoms with Gasteiger partial charge in [0.25, 0.3) is 5.91 Å². The van der Waals surface area contributed by atoms with Crippen molar-refractivity contribution >= 4 is 41.5 Å². The van der Waals surface area contributed by atoms with Gasteiger partial charge in [-0.3, -0.25) is 4.79 Å². The zero-order valence-electron chi connectivity index (χ0n) is 16.8. The number of nitrogens with one attached hydrogen (secondary N) is 1. The lowest BCUT2D eigenvalue weighted by Gasteiger charge is -2.37. The van der Waals surface area contributed by atoms with Crippen LogP contribution in [-0.2, 0) is 6.54 Å². The number of hydrogen-bond donors (Lipinski definition) is 2. The number of amides is 1. The first kappa shape index (κ1) is 22.9. The molecule has 0 atom stereocenters. The molecule has 1 aliphatic heterocycles. The summed E-state index contributed by atoms with van der Waals surface area (Å²) in [6.07, 6.45) is 0. The number of carbonyl (C=O) groups excluding carboxylic acids is 1. The number of nitrogens with two attached hydrogens (primary N) is 1. The van der Waals surface area contributed by atoms with Gasteiger partial charge in [0.1, 0.15) is 18.1 Å². The van der Waals surface area contributed by atoms with Gasteiger partial charge in [0.05, 0.1) is 7.11 Å². The summed E-state index contributed by atoms with van der Waals surface area (Å²) in [6.45, 7) is 6.67. The van der Waals surface area contributed by atoms with Gasteiger partial charge >= 0.3 is 0 Å². The third-order valence-corrected chi connectivity index (χ3v) is 4.62. The lowest BCUT2D eigenvalue weighted by molar-refractivity contribution is 0.0972. The van der Waals surface area contributed by atoms with Gasteiger partial charge in [-0.05, 0) is 31.2 Å². The molecule has 2 aromatic rings. The predicted octanol–water partition coefficient (Wildman–Crippen LogP) is 2.29. The number of furan rings is 1. The molecule has 0 bridgehead atoms. The number of nitrogens with zero attached hydrogens (tertiary/aromatic N) is 3. The van der Waals surface area contributed by atoms with E-state index in [1.165, 1.54) is 0 Å². The van der Waals surface area contributed by atoms with Crippen LogP contribution >= 0.6 is 24.0 Å². The number of piperazine rings is 1. The molecule has 0 aliphatic carbocycles. The highest BCUT2D eigenvalue weighted by molar-refractivity contribution is 14.0. The highest BCUT2D eigenvalue weighted by Crippen LogP contribution is 2.22. The second kappa shape index (κ2) is 10.9. The number of aliphatic imine (C=N–C) groups is 1. The first-order chi connectivity index (χ1) is 13.6. The SMILES string of the molecule is CCNC(=NCc1ccc(C(N)=O)o1)N1CCN(c2cccc(OC)c2)CC1.I. The first-order valence-corrected chi connectivity index (χ1v) is 9.41. The molecule has 0 spiro atoms. The quantitative estimate of drug-likeness (QED) is 0.350. The van der Waals surface area contributed by atoms with E-state index in [9.17, 15) is 4.79 Å². The van der Waals surface area contributed by atoms with Crippen LogP contribution in [0.2, 0.25) is 0 Å². The second-order valence-electron chi connectivity index (χ2n) is 6.48. The van der Waals surface area contributed by atoms with Crippen molar-refractivity contribution in [3.63, 3.8) is 0 Å². The maximum atomic E-state index is 11.1. The number of carbonyl (C=O) groups is 1. The Hall–Kier alpha value is -2.43. The highest BCUT2D eigenvalue weighted by Gasteiger charge is 2.20. The van der Waals surface area contributed by atoms with Crippen LogP contribution in [0, 0.1) is 0 Å². The Kier molecular flexibility index (Phi) is 8.62. The molecule has 2 heterocycles. The van der Waals surface area contributed by atoms with Crippen molar-refractivity contribution in [3.8, 4) is 5.75 Å². The standard InChI is InChI=1S/C20H27N5O3.HI/c1-3-22-20(23-14-17-7-8-18(28-17)19(21)26)25-11-9-24(10-12-25)15-5-4-6-16(13-15)27-2;/h4-8,13H,3,9-12,14H2,1-2H3,(H2,21,26)(H,22,23);1H. The van der Waals surface area contributed by atoms with Crippen molar-refractivity contribution in [2.45, 2.75) is 13.5 Å². The summed E-state index contributed by atoms with van der Waals surface area (Å²) in [4.78, 5) is 20.4. The van der Waals surface area contributed by atoms with E-state index in [4.69, 9.17) is 14.9 Å². The van der Waals surface area contributed by atoms with Gasteiger partial charge < -0.3 is 30.0 Å². The van der Waals surface area contributed by atoms with Crippen molar-refractivity contribution in [3.05, 3.63) is 47.9 Å². The number of methoxy groups -OCH3 is 1. The fourth-order valence-electron chi connectivity index (χ4n) is 3.16. The van der Waals surface area contributed by atoms with Gasteiger partial charge in [-0.2, -0.15) is 0 Å². The Morgan fingerprint density at radius 3 is 2.62 bits per heavy atom. The molecule has 1 aromatic carbocycles. The Balaban J connectivity index is 0.00000300. The molecule has 1 aromatic heterocycles. The van der Waals surface area contributed by atoms with Crippen LogP contribution in [0.5, 0.6) is 5.75 Å². The minimum atomic E-state index is -0.573. The van der Waals surface area contributed by atoms with Crippen LogP contribution < -0.4 is 20.7 Å². The Morgan fingerprint density at radius 2 is 2.00 bits per heavy atom. The summed E-state index contributed by atoms with van der Waals surface area (Å²) in [5, 5.41) is 3.33. The van der Waals surface area contributed by atoms with E-state index in [0.29, 0.717) is 12.3 Å². The number of primary amides is 1.